The van der Waals surface area contributed by atoms with E-state index in [-0.39, 0.29) is 32.9 Å². The normalized spacial score (nSPS) is 37.9. The van der Waals surface area contributed by atoms with Crippen molar-refractivity contribution in [2.24, 2.45) is 0 Å². The van der Waals surface area contributed by atoms with Gasteiger partial charge in [-0.25, -0.2) is 0 Å². The molecule has 3 heteroatoms. The van der Waals surface area contributed by atoms with Crippen molar-refractivity contribution in [3.05, 3.63) is 62.7 Å². The van der Waals surface area contributed by atoms with Gasteiger partial charge in [0.15, 0.2) is 0 Å². The first-order valence-electron chi connectivity index (χ1n) is 9.58. The molecule has 10 radical (unpaired) electrons. The minimum absolute atomic E-state index is 0. The first kappa shape index (κ1) is 22.7. The molecule has 4 fully saturated rings. The van der Waals surface area contributed by atoms with Crippen molar-refractivity contribution in [1.82, 2.24) is 0 Å². The Morgan fingerprint density at radius 1 is 0.560 bits per heavy atom. The summed E-state index contributed by atoms with van der Waals surface area (Å²) in [5.41, 5.74) is 7.08. The fraction of sp³-hybridized carbons (Fsp3) is 0.545. The Balaban J connectivity index is 0.000000173. The van der Waals surface area contributed by atoms with Gasteiger partial charge in [-0.2, -0.15) is 0 Å². The maximum atomic E-state index is 2.42. The molecule has 0 nitrogen and oxygen atoms in total. The second-order valence-electron chi connectivity index (χ2n) is 7.65. The molecule has 2 saturated carbocycles. The van der Waals surface area contributed by atoms with Gasteiger partial charge in [0.2, 0.25) is 0 Å². The molecule has 0 bridgehead atoms. The summed E-state index contributed by atoms with van der Waals surface area (Å²) in [7, 11) is 0.349. The summed E-state index contributed by atoms with van der Waals surface area (Å²) in [6.07, 6.45) is 23.7. The van der Waals surface area contributed by atoms with E-state index in [4.69, 9.17) is 0 Å². The third kappa shape index (κ3) is 5.69. The van der Waals surface area contributed by atoms with E-state index in [2.05, 4.69) is 79.1 Å². The van der Waals surface area contributed by atoms with Crippen LogP contribution in [-0.2, 0) is 17.1 Å². The Morgan fingerprint density at radius 2 is 0.800 bits per heavy atom. The molecule has 4 atom stereocenters. The summed E-state index contributed by atoms with van der Waals surface area (Å²) in [5.74, 6) is 0. The average molecular weight is 414 g/mol. The van der Waals surface area contributed by atoms with Crippen LogP contribution in [0, 0.1) is 62.7 Å². The van der Waals surface area contributed by atoms with Gasteiger partial charge in [0.1, 0.15) is 0 Å². The van der Waals surface area contributed by atoms with Crippen LogP contribution in [0.5, 0.6) is 0 Å². The van der Waals surface area contributed by atoms with Crippen molar-refractivity contribution < 1.29 is 17.1 Å². The third-order valence-electron chi connectivity index (χ3n) is 5.79. The van der Waals surface area contributed by atoms with Crippen molar-refractivity contribution >= 4 is 15.8 Å². The number of rotatable bonds is 2. The van der Waals surface area contributed by atoms with Gasteiger partial charge >= 0.3 is 0 Å². The van der Waals surface area contributed by atoms with Crippen molar-refractivity contribution in [2.75, 3.05) is 0 Å². The van der Waals surface area contributed by atoms with Gasteiger partial charge in [0.05, 0.1) is 0 Å². The largest absolute Gasteiger partial charge is 0.0930 e. The molecule has 138 valence electrons. The summed E-state index contributed by atoms with van der Waals surface area (Å²) < 4.78 is 0. The van der Waals surface area contributed by atoms with Crippen LogP contribution in [0.25, 0.3) is 0 Å². The quantitative estimate of drug-likeness (QED) is 0.344. The van der Waals surface area contributed by atoms with E-state index in [0.717, 1.165) is 22.6 Å². The molecule has 4 aliphatic rings. The standard InChI is InChI=1S/2C11H16P.Fe/c2*1-9-7-8-10(2)12(9)11-5-3-4-6-11;/h2*3-6,9-10H,7-8H2,1-2H3;/t2*9-,10-;/m00./s1. The zero-order valence-corrected chi connectivity index (χ0v) is 18.9. The average Bonchev–Trinajstić information content (AvgIpc) is 3.31. The van der Waals surface area contributed by atoms with E-state index in [0.29, 0.717) is 0 Å². The molecule has 2 saturated heterocycles. The van der Waals surface area contributed by atoms with Crippen LogP contribution in [0.15, 0.2) is 0 Å². The maximum Gasteiger partial charge on any atom is 0.00801 e. The molecule has 2 aliphatic heterocycles. The van der Waals surface area contributed by atoms with Crippen LogP contribution >= 0.6 is 15.8 Å². The Morgan fingerprint density at radius 3 is 1.04 bits per heavy atom. The van der Waals surface area contributed by atoms with Crippen molar-refractivity contribution in [3.63, 3.8) is 0 Å². The van der Waals surface area contributed by atoms with Crippen LogP contribution < -0.4 is 0 Å². The summed E-state index contributed by atoms with van der Waals surface area (Å²) in [4.78, 5) is 0. The van der Waals surface area contributed by atoms with Crippen LogP contribution in [0.1, 0.15) is 53.4 Å². The first-order chi connectivity index (χ1) is 11.6. The molecule has 0 aromatic heterocycles. The summed E-state index contributed by atoms with van der Waals surface area (Å²) in [5, 5.41) is 0. The molecule has 0 spiro atoms. The van der Waals surface area contributed by atoms with E-state index in [1.165, 1.54) is 25.7 Å². The predicted molar refractivity (Wildman–Crippen MR) is 111 cm³/mol. The van der Waals surface area contributed by atoms with Gasteiger partial charge in [0, 0.05) is 28.4 Å². The fourth-order valence-corrected chi connectivity index (χ4v) is 11.0. The monoisotopic (exact) mass is 414 g/mol. The van der Waals surface area contributed by atoms with E-state index in [9.17, 15) is 0 Å². The smallest absolute Gasteiger partial charge is 0.00801 e. The fourth-order valence-electron chi connectivity index (χ4n) is 4.48. The molecule has 0 aromatic carbocycles. The Hall–Kier alpha value is 1.38. The van der Waals surface area contributed by atoms with Crippen LogP contribution in [0.4, 0.5) is 0 Å². The second kappa shape index (κ2) is 10.8. The minimum Gasteiger partial charge on any atom is -0.0930 e. The zero-order chi connectivity index (χ0) is 17.1. The van der Waals surface area contributed by atoms with Crippen molar-refractivity contribution in [2.45, 2.75) is 76.0 Å². The number of hydrogen-bond acceptors (Lipinski definition) is 0. The molecule has 2 aliphatic carbocycles. The summed E-state index contributed by atoms with van der Waals surface area (Å²) in [6, 6.07) is 0. The molecule has 0 N–H and O–H groups in total. The van der Waals surface area contributed by atoms with E-state index >= 15 is 0 Å². The minimum atomic E-state index is 0. The topological polar surface area (TPSA) is 0 Å². The molecular formula is C22H32FeP2. The van der Waals surface area contributed by atoms with E-state index < -0.39 is 0 Å². The van der Waals surface area contributed by atoms with E-state index in [1.54, 1.807) is 11.3 Å². The zero-order valence-electron chi connectivity index (χ0n) is 16.0. The van der Waals surface area contributed by atoms with Crippen molar-refractivity contribution in [1.29, 1.82) is 0 Å². The molecule has 0 unspecified atom stereocenters. The maximum absolute atomic E-state index is 2.42. The van der Waals surface area contributed by atoms with Gasteiger partial charge in [-0.1, -0.05) is 43.5 Å². The second-order valence-corrected chi connectivity index (χ2v) is 13.8. The Kier molecular flexibility index (Phi) is 9.79. The molecule has 2 heterocycles. The van der Waals surface area contributed by atoms with Crippen molar-refractivity contribution in [3.8, 4) is 0 Å². The van der Waals surface area contributed by atoms with Crippen LogP contribution in [0.2, 0.25) is 0 Å². The van der Waals surface area contributed by atoms with Gasteiger partial charge in [-0.3, -0.25) is 0 Å². The van der Waals surface area contributed by atoms with Crippen LogP contribution in [-0.4, -0.2) is 22.6 Å². The predicted octanol–water partition coefficient (Wildman–Crippen LogP) is 6.80. The number of hydrogen-bond donors (Lipinski definition) is 0. The molecular weight excluding hydrogens is 382 g/mol. The van der Waals surface area contributed by atoms with Gasteiger partial charge < -0.3 is 0 Å². The first-order valence-corrected chi connectivity index (χ1v) is 12.5. The Labute approximate surface area is 171 Å². The summed E-state index contributed by atoms with van der Waals surface area (Å²) >= 11 is 0. The molecule has 25 heavy (non-hydrogen) atoms. The van der Waals surface area contributed by atoms with E-state index in [1.807, 2.05) is 0 Å². The SMILES string of the molecule is C[C@H]1CC[C@H](C)P1[C]1[CH][CH][CH][CH]1.C[C@H]1CC[C@H](C)P1[C]1[CH][CH][CH][CH]1.[Fe]. The van der Waals surface area contributed by atoms with Gasteiger partial charge in [-0.05, 0) is 99.7 Å². The third-order valence-corrected chi connectivity index (χ3v) is 12.4. The molecule has 0 aromatic rings. The summed E-state index contributed by atoms with van der Waals surface area (Å²) in [6.45, 7) is 9.68. The van der Waals surface area contributed by atoms with Crippen LogP contribution in [0.3, 0.4) is 0 Å². The van der Waals surface area contributed by atoms with Gasteiger partial charge in [-0.15, -0.1) is 0 Å². The molecule has 4 rings (SSSR count). The Bertz CT molecular complexity index is 320. The van der Waals surface area contributed by atoms with Gasteiger partial charge in [0.25, 0.3) is 0 Å². The molecule has 0 amide bonds.